The number of hydrogen-bond acceptors (Lipinski definition) is 2. The van der Waals surface area contributed by atoms with Crippen LogP contribution in [0.2, 0.25) is 0 Å². The molecule has 1 N–H and O–H groups in total. The highest BCUT2D eigenvalue weighted by Gasteiger charge is 2.12. The molecule has 0 atom stereocenters. The van der Waals surface area contributed by atoms with E-state index in [-0.39, 0.29) is 6.10 Å². The second-order valence-electron chi connectivity index (χ2n) is 2.53. The van der Waals surface area contributed by atoms with E-state index in [1.54, 1.807) is 0 Å². The summed E-state index contributed by atoms with van der Waals surface area (Å²) in [7, 11) is 2.09. The summed E-state index contributed by atoms with van der Waals surface area (Å²) in [6.45, 7) is 6.11. The molecule has 1 heterocycles. The minimum Gasteiger partial charge on any atom is -0.393 e. The molecule has 1 fully saturated rings. The molecule has 0 unspecified atom stereocenters. The molecule has 2 heteroatoms. The molecular formula is C8H19NO. The Morgan fingerprint density at radius 1 is 1.20 bits per heavy atom. The van der Waals surface area contributed by atoms with E-state index in [1.165, 1.54) is 0 Å². The highest BCUT2D eigenvalue weighted by Crippen LogP contribution is 2.06. The Hall–Kier alpha value is -0.0800. The zero-order valence-corrected chi connectivity index (χ0v) is 7.30. The summed E-state index contributed by atoms with van der Waals surface area (Å²) >= 11 is 0. The molecular weight excluding hydrogens is 126 g/mol. The van der Waals surface area contributed by atoms with Crippen LogP contribution in [0.15, 0.2) is 0 Å². The van der Waals surface area contributed by atoms with E-state index >= 15 is 0 Å². The van der Waals surface area contributed by atoms with Gasteiger partial charge in [0.25, 0.3) is 0 Å². The molecule has 0 spiro atoms. The normalized spacial score (nSPS) is 21.6. The fourth-order valence-corrected chi connectivity index (χ4v) is 0.995. The van der Waals surface area contributed by atoms with Gasteiger partial charge in [0, 0.05) is 13.1 Å². The second kappa shape index (κ2) is 5.69. The van der Waals surface area contributed by atoms with Crippen LogP contribution in [0.4, 0.5) is 0 Å². The van der Waals surface area contributed by atoms with Crippen molar-refractivity contribution in [1.29, 1.82) is 0 Å². The van der Waals surface area contributed by atoms with Crippen LogP contribution in [-0.2, 0) is 0 Å². The molecule has 62 valence electrons. The molecule has 10 heavy (non-hydrogen) atoms. The number of rotatable bonds is 0. The van der Waals surface area contributed by atoms with Gasteiger partial charge >= 0.3 is 0 Å². The zero-order valence-electron chi connectivity index (χ0n) is 7.30. The maximum Gasteiger partial charge on any atom is 0.0564 e. The largest absolute Gasteiger partial charge is 0.393 e. The number of aliphatic hydroxyl groups excluding tert-OH is 1. The van der Waals surface area contributed by atoms with Gasteiger partial charge in [-0.05, 0) is 19.9 Å². The van der Waals surface area contributed by atoms with Crippen LogP contribution >= 0.6 is 0 Å². The summed E-state index contributed by atoms with van der Waals surface area (Å²) in [6.07, 6.45) is 1.89. The van der Waals surface area contributed by atoms with Crippen molar-refractivity contribution in [2.75, 3.05) is 20.1 Å². The van der Waals surface area contributed by atoms with Gasteiger partial charge < -0.3 is 10.0 Å². The minimum atomic E-state index is -0.0220. The van der Waals surface area contributed by atoms with Crippen LogP contribution in [0.3, 0.4) is 0 Å². The van der Waals surface area contributed by atoms with E-state index in [1.807, 2.05) is 13.8 Å². The van der Waals surface area contributed by atoms with Crippen LogP contribution in [0.1, 0.15) is 26.7 Å². The van der Waals surface area contributed by atoms with Crippen molar-refractivity contribution in [3.8, 4) is 0 Å². The van der Waals surface area contributed by atoms with Crippen molar-refractivity contribution in [2.45, 2.75) is 32.8 Å². The molecule has 0 amide bonds. The van der Waals surface area contributed by atoms with Gasteiger partial charge in [-0.2, -0.15) is 0 Å². The van der Waals surface area contributed by atoms with Crippen molar-refractivity contribution in [3.05, 3.63) is 0 Å². The third-order valence-corrected chi connectivity index (χ3v) is 1.69. The highest BCUT2D eigenvalue weighted by molar-refractivity contribution is 4.67. The number of hydrogen-bond donors (Lipinski definition) is 1. The Morgan fingerprint density at radius 3 is 1.90 bits per heavy atom. The highest BCUT2D eigenvalue weighted by atomic mass is 16.3. The standard InChI is InChI=1S/C6H13NO.C2H6/c1-7-4-2-6(8)3-5-7;1-2/h6,8H,2-5H2,1H3;1-2H3. The molecule has 0 aromatic carbocycles. The second-order valence-corrected chi connectivity index (χ2v) is 2.53. The molecule has 0 aromatic heterocycles. The summed E-state index contributed by atoms with van der Waals surface area (Å²) in [5.41, 5.74) is 0. The molecule has 0 saturated carbocycles. The van der Waals surface area contributed by atoms with Gasteiger partial charge in [-0.1, -0.05) is 13.8 Å². The molecule has 2 nitrogen and oxygen atoms in total. The van der Waals surface area contributed by atoms with Gasteiger partial charge in [0.15, 0.2) is 0 Å². The SMILES string of the molecule is CC.CN1CCC(O)CC1. The van der Waals surface area contributed by atoms with Crippen molar-refractivity contribution >= 4 is 0 Å². The van der Waals surface area contributed by atoms with Crippen LogP contribution < -0.4 is 0 Å². The lowest BCUT2D eigenvalue weighted by Crippen LogP contribution is -2.32. The average Bonchev–Trinajstić information content (AvgIpc) is 2.00. The fourth-order valence-electron chi connectivity index (χ4n) is 0.995. The Labute approximate surface area is 63.8 Å². The summed E-state index contributed by atoms with van der Waals surface area (Å²) in [4.78, 5) is 2.24. The van der Waals surface area contributed by atoms with Gasteiger partial charge in [-0.3, -0.25) is 0 Å². The summed E-state index contributed by atoms with van der Waals surface area (Å²) in [6, 6.07) is 0. The third-order valence-electron chi connectivity index (χ3n) is 1.69. The van der Waals surface area contributed by atoms with Gasteiger partial charge in [-0.15, -0.1) is 0 Å². The predicted molar refractivity (Wildman–Crippen MR) is 44.1 cm³/mol. The zero-order chi connectivity index (χ0) is 7.98. The van der Waals surface area contributed by atoms with Crippen LogP contribution in [0, 0.1) is 0 Å². The molecule has 1 rings (SSSR count). The molecule has 0 bridgehead atoms. The predicted octanol–water partition coefficient (Wildman–Crippen LogP) is 1.10. The quantitative estimate of drug-likeness (QED) is 0.551. The first-order valence-electron chi connectivity index (χ1n) is 4.15. The first-order chi connectivity index (χ1) is 4.79. The summed E-state index contributed by atoms with van der Waals surface area (Å²) in [5.74, 6) is 0. The minimum absolute atomic E-state index is 0.0220. The van der Waals surface area contributed by atoms with Crippen molar-refractivity contribution in [2.24, 2.45) is 0 Å². The molecule has 1 saturated heterocycles. The van der Waals surface area contributed by atoms with E-state index in [2.05, 4.69) is 11.9 Å². The van der Waals surface area contributed by atoms with Gasteiger partial charge in [-0.25, -0.2) is 0 Å². The topological polar surface area (TPSA) is 23.5 Å². The Balaban J connectivity index is 0.000000371. The Bertz CT molecular complexity index is 57.7. The monoisotopic (exact) mass is 145 g/mol. The van der Waals surface area contributed by atoms with Crippen molar-refractivity contribution in [1.82, 2.24) is 4.90 Å². The van der Waals surface area contributed by atoms with E-state index in [4.69, 9.17) is 5.11 Å². The molecule has 1 aliphatic rings. The number of piperidine rings is 1. The molecule has 1 aliphatic heterocycles. The van der Waals surface area contributed by atoms with Gasteiger partial charge in [0.05, 0.1) is 6.10 Å². The summed E-state index contributed by atoms with van der Waals surface area (Å²) < 4.78 is 0. The van der Waals surface area contributed by atoms with Crippen LogP contribution in [-0.4, -0.2) is 36.2 Å². The molecule has 0 aromatic rings. The van der Waals surface area contributed by atoms with Crippen LogP contribution in [0.5, 0.6) is 0 Å². The number of nitrogens with zero attached hydrogens (tertiary/aromatic N) is 1. The lowest BCUT2D eigenvalue weighted by Gasteiger charge is -2.25. The third kappa shape index (κ3) is 3.85. The Kier molecular flexibility index (Phi) is 5.64. The van der Waals surface area contributed by atoms with Crippen molar-refractivity contribution < 1.29 is 5.11 Å². The lowest BCUT2D eigenvalue weighted by atomic mass is 10.1. The Morgan fingerprint density at radius 2 is 1.60 bits per heavy atom. The average molecular weight is 145 g/mol. The number of aliphatic hydroxyl groups is 1. The molecule has 0 radical (unpaired) electrons. The van der Waals surface area contributed by atoms with E-state index in [0.29, 0.717) is 0 Å². The fraction of sp³-hybridized carbons (Fsp3) is 1.00. The van der Waals surface area contributed by atoms with Crippen LogP contribution in [0.25, 0.3) is 0 Å². The maximum atomic E-state index is 9.00. The lowest BCUT2D eigenvalue weighted by molar-refractivity contribution is 0.0943. The first kappa shape index (κ1) is 9.92. The van der Waals surface area contributed by atoms with Gasteiger partial charge in [0.1, 0.15) is 0 Å². The summed E-state index contributed by atoms with van der Waals surface area (Å²) in [5, 5.41) is 9.00. The number of likely N-dealkylation sites (tertiary alicyclic amines) is 1. The van der Waals surface area contributed by atoms with E-state index in [9.17, 15) is 0 Å². The van der Waals surface area contributed by atoms with E-state index in [0.717, 1.165) is 25.9 Å². The smallest absolute Gasteiger partial charge is 0.0564 e. The van der Waals surface area contributed by atoms with Crippen molar-refractivity contribution in [3.63, 3.8) is 0 Å². The maximum absolute atomic E-state index is 9.00. The first-order valence-corrected chi connectivity index (χ1v) is 4.15. The molecule has 0 aliphatic carbocycles. The van der Waals surface area contributed by atoms with E-state index < -0.39 is 0 Å². The van der Waals surface area contributed by atoms with Gasteiger partial charge in [0.2, 0.25) is 0 Å².